The van der Waals surface area contributed by atoms with Gasteiger partial charge in [-0.2, -0.15) is 12.7 Å². The number of nitrogens with zero attached hydrogens (tertiary/aromatic N) is 5. The third-order valence-corrected chi connectivity index (χ3v) is 14.5. The summed E-state index contributed by atoms with van der Waals surface area (Å²) in [6.07, 6.45) is 2.08. The Morgan fingerprint density at radius 3 is 2.51 bits per heavy atom. The molecule has 4 N–H and O–H groups in total. The number of aliphatic hydroxyl groups excluding tert-OH is 1. The number of piperidine rings is 1. The SMILES string of the molecule is O=C1CCC(N2Cc3cc(CN4CCN(c5ccc(-c6cnc7[nH]cc(C(=O)c8c(F)ccc(NS(=O)(=O)N9CC[C@@H](F)C9)c8F)c7c6)cc5)CC45C[C@@H]5O)ccc3C2=O)C(=O)N1. The van der Waals surface area contributed by atoms with Crippen LogP contribution >= 0.6 is 0 Å². The normalized spacial score (nSPS) is 24.1. The van der Waals surface area contributed by atoms with E-state index in [0.717, 1.165) is 38.8 Å². The van der Waals surface area contributed by atoms with E-state index >= 15 is 8.78 Å². The molecule has 2 unspecified atom stereocenters. The molecular formula is C44H41F3N8O7S. The minimum absolute atomic E-state index is 0.00994. The van der Waals surface area contributed by atoms with Crippen LogP contribution < -0.4 is 14.9 Å². The summed E-state index contributed by atoms with van der Waals surface area (Å²) in [4.78, 5) is 64.5. The molecule has 1 saturated carbocycles. The van der Waals surface area contributed by atoms with E-state index in [1.54, 1.807) is 18.3 Å². The Balaban J connectivity index is 0.825. The zero-order chi connectivity index (χ0) is 43.9. The Bertz CT molecular complexity index is 2860. The summed E-state index contributed by atoms with van der Waals surface area (Å²) in [5, 5.41) is 13.6. The molecule has 326 valence electrons. The fraction of sp³-hybridized carbons (Fsp3) is 0.341. The number of fused-ring (bicyclic) bond motifs is 2. The average Bonchev–Trinajstić information content (AvgIpc) is 3.62. The molecule has 0 bridgehead atoms. The van der Waals surface area contributed by atoms with Crippen molar-refractivity contribution in [3.63, 3.8) is 0 Å². The first-order valence-corrected chi connectivity index (χ1v) is 22.1. The molecule has 63 heavy (non-hydrogen) atoms. The van der Waals surface area contributed by atoms with Crippen LogP contribution in [0.2, 0.25) is 0 Å². The van der Waals surface area contributed by atoms with Crippen molar-refractivity contribution < 1.29 is 45.9 Å². The third-order valence-electron chi connectivity index (χ3n) is 13.0. The summed E-state index contributed by atoms with van der Waals surface area (Å²) in [6, 6.07) is 16.1. The summed E-state index contributed by atoms with van der Waals surface area (Å²) < 4.78 is 73.1. The molecule has 1 spiro atoms. The number of carbonyl (C=O) groups is 4. The van der Waals surface area contributed by atoms with Crippen LogP contribution in [0.15, 0.2) is 73.1 Å². The predicted molar refractivity (Wildman–Crippen MR) is 223 cm³/mol. The first-order chi connectivity index (χ1) is 30.2. The Labute approximate surface area is 359 Å². The fourth-order valence-electron chi connectivity index (χ4n) is 9.46. The van der Waals surface area contributed by atoms with Crippen molar-refractivity contribution in [2.24, 2.45) is 0 Å². The van der Waals surface area contributed by atoms with Crippen LogP contribution in [0.1, 0.15) is 63.1 Å². The second kappa shape index (κ2) is 15.3. The summed E-state index contributed by atoms with van der Waals surface area (Å²) in [5.74, 6) is -4.65. The number of amides is 3. The Hall–Kier alpha value is -6.15. The predicted octanol–water partition coefficient (Wildman–Crippen LogP) is 4.03. The number of benzene rings is 3. The number of rotatable bonds is 10. The van der Waals surface area contributed by atoms with Crippen molar-refractivity contribution in [3.05, 3.63) is 113 Å². The maximum atomic E-state index is 15.8. The van der Waals surface area contributed by atoms with Crippen LogP contribution in [0.4, 0.5) is 24.5 Å². The Kier molecular flexibility index (Phi) is 9.92. The van der Waals surface area contributed by atoms with E-state index in [9.17, 15) is 37.1 Å². The lowest BCUT2D eigenvalue weighted by molar-refractivity contribution is -0.136. The number of imide groups is 1. The van der Waals surface area contributed by atoms with E-state index < -0.39 is 75.2 Å². The van der Waals surface area contributed by atoms with Gasteiger partial charge >= 0.3 is 10.2 Å². The lowest BCUT2D eigenvalue weighted by Gasteiger charge is -2.43. The molecule has 10 rings (SSSR count). The molecule has 5 aromatic rings. The van der Waals surface area contributed by atoms with Gasteiger partial charge in [-0.25, -0.2) is 18.2 Å². The van der Waals surface area contributed by atoms with Crippen molar-refractivity contribution >= 4 is 56.1 Å². The number of halogens is 3. The molecule has 3 saturated heterocycles. The first kappa shape index (κ1) is 40.9. The van der Waals surface area contributed by atoms with Gasteiger partial charge in [0.1, 0.15) is 23.7 Å². The van der Waals surface area contributed by atoms with Gasteiger partial charge in [-0.3, -0.25) is 34.1 Å². The Morgan fingerprint density at radius 2 is 1.78 bits per heavy atom. The van der Waals surface area contributed by atoms with Crippen LogP contribution in [0, 0.1) is 11.6 Å². The van der Waals surface area contributed by atoms with Crippen molar-refractivity contribution in [2.75, 3.05) is 42.3 Å². The summed E-state index contributed by atoms with van der Waals surface area (Å²) in [7, 11) is -4.38. The van der Waals surface area contributed by atoms with E-state index in [1.807, 2.05) is 41.1 Å². The summed E-state index contributed by atoms with van der Waals surface area (Å²) >= 11 is 0. The number of aliphatic hydroxyl groups is 1. The average molecular weight is 883 g/mol. The monoisotopic (exact) mass is 882 g/mol. The molecule has 4 atom stereocenters. The maximum absolute atomic E-state index is 15.8. The number of aromatic nitrogens is 2. The third kappa shape index (κ3) is 7.21. The van der Waals surface area contributed by atoms with Gasteiger partial charge in [-0.05, 0) is 72.4 Å². The summed E-state index contributed by atoms with van der Waals surface area (Å²) in [5.41, 5.74) is 2.81. The van der Waals surface area contributed by atoms with Gasteiger partial charge in [-0.1, -0.05) is 24.3 Å². The van der Waals surface area contributed by atoms with Crippen LogP contribution in [-0.4, -0.2) is 118 Å². The van der Waals surface area contributed by atoms with Crippen molar-refractivity contribution in [1.82, 2.24) is 29.4 Å². The molecule has 6 heterocycles. The van der Waals surface area contributed by atoms with E-state index in [1.165, 1.54) is 11.1 Å². The second-order valence-electron chi connectivity index (χ2n) is 16.9. The lowest BCUT2D eigenvalue weighted by atomic mass is 9.99. The Morgan fingerprint density at radius 1 is 0.984 bits per heavy atom. The number of hydrogen-bond acceptors (Lipinski definition) is 10. The number of carbonyl (C=O) groups excluding carboxylic acids is 4. The topological polar surface area (TPSA) is 188 Å². The highest BCUT2D eigenvalue weighted by molar-refractivity contribution is 7.90. The van der Waals surface area contributed by atoms with Crippen molar-refractivity contribution in [3.8, 4) is 11.1 Å². The smallest absolute Gasteiger partial charge is 0.301 e. The number of H-pyrrole nitrogens is 1. The minimum Gasteiger partial charge on any atom is -0.391 e. The largest absolute Gasteiger partial charge is 0.391 e. The van der Waals surface area contributed by atoms with Gasteiger partial charge in [0.15, 0.2) is 5.82 Å². The molecule has 1 aliphatic carbocycles. The number of alkyl halides is 1. The number of anilines is 2. The number of ketones is 1. The quantitative estimate of drug-likeness (QED) is 0.118. The zero-order valence-corrected chi connectivity index (χ0v) is 34.4. The molecule has 0 radical (unpaired) electrons. The van der Waals surface area contributed by atoms with Crippen LogP contribution in [-0.2, 0) is 32.9 Å². The zero-order valence-electron chi connectivity index (χ0n) is 33.6. The van der Waals surface area contributed by atoms with Crippen LogP contribution in [0.25, 0.3) is 22.2 Å². The number of hydrogen-bond donors (Lipinski definition) is 4. The molecule has 5 aliphatic rings. The van der Waals surface area contributed by atoms with Gasteiger partial charge < -0.3 is 19.9 Å². The van der Waals surface area contributed by atoms with Gasteiger partial charge in [0.2, 0.25) is 17.6 Å². The van der Waals surface area contributed by atoms with Gasteiger partial charge in [0, 0.05) is 92.4 Å². The van der Waals surface area contributed by atoms with Crippen molar-refractivity contribution in [1.29, 1.82) is 0 Å². The molecule has 19 heteroatoms. The van der Waals surface area contributed by atoms with Gasteiger partial charge in [-0.15, -0.1) is 0 Å². The van der Waals surface area contributed by atoms with E-state index in [-0.39, 0.29) is 43.3 Å². The highest BCUT2D eigenvalue weighted by Crippen LogP contribution is 2.46. The van der Waals surface area contributed by atoms with E-state index in [2.05, 4.69) is 25.1 Å². The van der Waals surface area contributed by atoms with Gasteiger partial charge in [0.25, 0.3) is 5.91 Å². The molecule has 4 aliphatic heterocycles. The fourth-order valence-corrected chi connectivity index (χ4v) is 10.7. The van der Waals surface area contributed by atoms with Crippen LogP contribution in [0.5, 0.6) is 0 Å². The second-order valence-corrected chi connectivity index (χ2v) is 18.6. The lowest BCUT2D eigenvalue weighted by Crippen LogP contribution is -2.56. The van der Waals surface area contributed by atoms with E-state index in [0.29, 0.717) is 61.2 Å². The number of nitrogens with one attached hydrogen (secondary N) is 3. The first-order valence-electron chi connectivity index (χ1n) is 20.7. The van der Waals surface area contributed by atoms with Crippen LogP contribution in [0.3, 0.4) is 0 Å². The highest BCUT2D eigenvalue weighted by Gasteiger charge is 2.60. The number of pyridine rings is 1. The minimum atomic E-state index is -4.38. The van der Waals surface area contributed by atoms with Gasteiger partial charge in [0.05, 0.1) is 22.9 Å². The van der Waals surface area contributed by atoms with Crippen molar-refractivity contribution in [2.45, 2.75) is 62.6 Å². The maximum Gasteiger partial charge on any atom is 0.301 e. The molecule has 15 nitrogen and oxygen atoms in total. The molecular weight excluding hydrogens is 842 g/mol. The summed E-state index contributed by atoms with van der Waals surface area (Å²) in [6.45, 7) is 2.25. The highest BCUT2D eigenvalue weighted by atomic mass is 32.2. The van der Waals surface area contributed by atoms with E-state index in [4.69, 9.17) is 0 Å². The molecule has 3 aromatic carbocycles. The molecule has 4 fully saturated rings. The molecule has 2 aromatic heterocycles. The standard InChI is InChI=1S/C44H41F3N8O7S/c45-28-11-12-54(22-28)63(61,62)51-34-8-7-33(46)38(39(34)47)40(58)32-19-49-41-31(32)16-26(18-48-41)25-2-4-29(5-3-25)52-13-14-53(44(23-52)17-36(44)56)20-24-1-6-30-27(15-24)21-55(43(30)60)35-9-10-37(57)50-42(35)59/h1-8,15-16,18-19,28,35-36,51,56H,9-14,17,20-23H2,(H,48,49)(H,50,57,59)/t28-,35?,36+,44?/m1/s1. The molecule has 3 amide bonds. The number of aromatic amines is 1. The number of piperazine rings is 1.